The van der Waals surface area contributed by atoms with E-state index in [0.717, 1.165) is 17.1 Å². The van der Waals surface area contributed by atoms with Crippen molar-refractivity contribution in [3.05, 3.63) is 118 Å². The number of anilines is 7. The molecule has 49 heavy (non-hydrogen) atoms. The van der Waals surface area contributed by atoms with Gasteiger partial charge in [-0.2, -0.15) is 20.0 Å². The standard InChI is InChI=1S/C31H24N10O8/c42-21-10-6-17(7-11-21)14-24-28(45)39(27(32-24)18-4-2-1-3-5-18)38-31-36-29(33-22-12-8-19(40(46)47)15-25(22)43)35-30(37-31)34-23-13-9-20(41(48)49)16-26(23)44/h1-16,42-44,46,48H,(H3,33,34,35,36,37,38)/q-2. The van der Waals surface area contributed by atoms with E-state index in [4.69, 9.17) is 0 Å². The van der Waals surface area contributed by atoms with E-state index in [0.29, 0.717) is 11.1 Å². The largest absolute Gasteiger partial charge is 0.733 e. The Balaban J connectivity index is 1.38. The molecule has 2 heterocycles. The van der Waals surface area contributed by atoms with Crippen LogP contribution in [0.1, 0.15) is 11.1 Å². The maximum Gasteiger partial charge on any atom is 0.297 e. The van der Waals surface area contributed by atoms with Crippen LogP contribution in [0.2, 0.25) is 0 Å². The van der Waals surface area contributed by atoms with Gasteiger partial charge in [-0.25, -0.2) is 4.99 Å². The molecule has 0 bridgehead atoms. The zero-order valence-corrected chi connectivity index (χ0v) is 24.8. The molecule has 0 saturated carbocycles. The predicted octanol–water partition coefficient (Wildman–Crippen LogP) is 4.52. The number of benzene rings is 4. The number of phenolic OH excluding ortho intramolecular Hbond substituents is 3. The summed E-state index contributed by atoms with van der Waals surface area (Å²) >= 11 is 0. The molecule has 248 valence electrons. The van der Waals surface area contributed by atoms with Gasteiger partial charge >= 0.3 is 0 Å². The topological polar surface area (TPSA) is 261 Å². The van der Waals surface area contributed by atoms with Crippen molar-refractivity contribution in [3.8, 4) is 17.2 Å². The summed E-state index contributed by atoms with van der Waals surface area (Å²) in [4.78, 5) is 31.2. The number of nitrogens with zero attached hydrogens (tertiary/aromatic N) is 7. The van der Waals surface area contributed by atoms with E-state index in [-0.39, 0.29) is 57.9 Å². The Kier molecular flexibility index (Phi) is 8.74. The molecule has 1 aromatic heterocycles. The van der Waals surface area contributed by atoms with Gasteiger partial charge in [0.15, 0.2) is 5.84 Å². The first-order chi connectivity index (χ1) is 23.5. The zero-order valence-electron chi connectivity index (χ0n) is 24.8. The third kappa shape index (κ3) is 7.21. The van der Waals surface area contributed by atoms with Crippen molar-refractivity contribution in [2.45, 2.75) is 0 Å². The second-order valence-corrected chi connectivity index (χ2v) is 10.2. The molecule has 8 N–H and O–H groups in total. The summed E-state index contributed by atoms with van der Waals surface area (Å²) in [6.45, 7) is 0. The second kappa shape index (κ2) is 13.4. The summed E-state index contributed by atoms with van der Waals surface area (Å²) in [7, 11) is 0. The third-order valence-electron chi connectivity index (χ3n) is 6.83. The number of amidine groups is 1. The van der Waals surface area contributed by atoms with Crippen LogP contribution in [0.4, 0.5) is 40.6 Å². The lowest BCUT2D eigenvalue weighted by atomic mass is 10.2. The van der Waals surface area contributed by atoms with E-state index in [1.165, 1.54) is 42.5 Å². The van der Waals surface area contributed by atoms with E-state index in [1.807, 2.05) is 0 Å². The van der Waals surface area contributed by atoms with Crippen LogP contribution in [0.5, 0.6) is 17.2 Å². The van der Waals surface area contributed by atoms with Gasteiger partial charge in [-0.15, -0.1) is 0 Å². The normalized spacial score (nSPS) is 13.3. The molecule has 18 heteroatoms. The van der Waals surface area contributed by atoms with Gasteiger partial charge in [0.25, 0.3) is 5.91 Å². The summed E-state index contributed by atoms with van der Waals surface area (Å²) in [6, 6.07) is 21.9. The third-order valence-corrected chi connectivity index (χ3v) is 6.83. The minimum Gasteiger partial charge on any atom is -0.733 e. The molecule has 0 unspecified atom stereocenters. The SMILES string of the molecule is O=C1C(=Cc2ccc(O)cc2)N=C(c2ccccc2)N1Nc1nc(Nc2ccc(N([O-])O)cc2O)nc(Nc2ccc(N([O-])O)cc2O)n1. The van der Waals surface area contributed by atoms with Gasteiger partial charge in [-0.1, -0.05) is 42.5 Å². The quantitative estimate of drug-likeness (QED) is 0.0579. The first-order valence-electron chi connectivity index (χ1n) is 14.1. The molecule has 1 aliphatic rings. The highest BCUT2D eigenvalue weighted by Gasteiger charge is 2.32. The zero-order chi connectivity index (χ0) is 34.7. The molecular weight excluding hydrogens is 640 g/mol. The fraction of sp³-hybridized carbons (Fsp3) is 0. The molecule has 0 radical (unpaired) electrons. The van der Waals surface area contributed by atoms with Crippen molar-refractivity contribution in [2.24, 2.45) is 4.99 Å². The average molecular weight is 665 g/mol. The molecular formula is C31H24N10O8-2. The summed E-state index contributed by atoms with van der Waals surface area (Å²) in [5.41, 5.74) is 3.57. The van der Waals surface area contributed by atoms with E-state index in [1.54, 1.807) is 42.5 Å². The van der Waals surface area contributed by atoms with Crippen molar-refractivity contribution in [1.82, 2.24) is 20.0 Å². The maximum absolute atomic E-state index is 13.7. The Bertz CT molecular complexity index is 2000. The van der Waals surface area contributed by atoms with Gasteiger partial charge < -0.3 is 46.8 Å². The molecule has 0 saturated heterocycles. The Hall–Kier alpha value is -6.99. The van der Waals surface area contributed by atoms with Crippen LogP contribution in [0, 0.1) is 10.4 Å². The fourth-order valence-electron chi connectivity index (χ4n) is 4.50. The van der Waals surface area contributed by atoms with Crippen molar-refractivity contribution in [1.29, 1.82) is 0 Å². The summed E-state index contributed by atoms with van der Waals surface area (Å²) in [5.74, 6) is -1.87. The lowest BCUT2D eigenvalue weighted by Gasteiger charge is -2.22. The molecule has 1 aliphatic heterocycles. The van der Waals surface area contributed by atoms with Crippen molar-refractivity contribution in [3.63, 3.8) is 0 Å². The molecule has 18 nitrogen and oxygen atoms in total. The van der Waals surface area contributed by atoms with Gasteiger partial charge in [-0.3, -0.25) is 20.6 Å². The van der Waals surface area contributed by atoms with Crippen LogP contribution >= 0.6 is 0 Å². The van der Waals surface area contributed by atoms with Gasteiger partial charge in [0, 0.05) is 17.7 Å². The van der Waals surface area contributed by atoms with Gasteiger partial charge in [0.1, 0.15) is 22.9 Å². The van der Waals surface area contributed by atoms with Crippen LogP contribution in [0.25, 0.3) is 6.08 Å². The molecule has 4 aromatic carbocycles. The number of hydrogen-bond donors (Lipinski definition) is 8. The summed E-state index contributed by atoms with van der Waals surface area (Å²) in [5, 5.41) is 77.2. The van der Waals surface area contributed by atoms with Crippen LogP contribution < -0.4 is 26.5 Å². The number of phenols is 3. The number of rotatable bonds is 10. The molecule has 1 amide bonds. The van der Waals surface area contributed by atoms with Gasteiger partial charge in [-0.05, 0) is 48.0 Å². The number of amides is 1. The highest BCUT2D eigenvalue weighted by molar-refractivity contribution is 6.20. The number of hydrogen-bond acceptors (Lipinski definition) is 17. The summed E-state index contributed by atoms with van der Waals surface area (Å²) < 4.78 is 0. The van der Waals surface area contributed by atoms with Crippen LogP contribution in [-0.4, -0.2) is 57.4 Å². The number of hydrazine groups is 1. The van der Waals surface area contributed by atoms with E-state index < -0.39 is 27.9 Å². The lowest BCUT2D eigenvalue weighted by molar-refractivity contribution is -0.121. The van der Waals surface area contributed by atoms with Crippen molar-refractivity contribution < 1.29 is 30.5 Å². The molecule has 5 aromatic rings. The number of aliphatic imine (C=N–C) groups is 1. The first-order valence-corrected chi connectivity index (χ1v) is 14.1. The number of aromatic nitrogens is 3. The van der Waals surface area contributed by atoms with E-state index in [9.17, 15) is 40.9 Å². The minimum absolute atomic E-state index is 0.0160. The Labute approximate surface area is 275 Å². The number of aromatic hydroxyl groups is 3. The van der Waals surface area contributed by atoms with E-state index in [2.05, 4.69) is 36.0 Å². The van der Waals surface area contributed by atoms with Gasteiger partial charge in [0.05, 0.1) is 22.7 Å². The molecule has 0 fully saturated rings. The van der Waals surface area contributed by atoms with Crippen molar-refractivity contribution >= 4 is 58.4 Å². The maximum atomic E-state index is 13.7. The minimum atomic E-state index is -0.588. The highest BCUT2D eigenvalue weighted by atomic mass is 16.8. The molecule has 0 spiro atoms. The fourth-order valence-corrected chi connectivity index (χ4v) is 4.50. The molecule has 0 atom stereocenters. The van der Waals surface area contributed by atoms with Crippen molar-refractivity contribution in [2.75, 3.05) is 26.5 Å². The van der Waals surface area contributed by atoms with Crippen LogP contribution in [0.15, 0.2) is 102 Å². The number of nitrogens with one attached hydrogen (secondary N) is 3. The Morgan fingerprint density at radius 3 is 1.73 bits per heavy atom. The number of carbonyl (C=O) groups is 1. The van der Waals surface area contributed by atoms with Crippen LogP contribution in [-0.2, 0) is 4.79 Å². The summed E-state index contributed by atoms with van der Waals surface area (Å²) in [6.07, 6.45) is 1.53. The number of carbonyl (C=O) groups excluding carboxylic acids is 1. The Morgan fingerprint density at radius 2 is 1.22 bits per heavy atom. The molecule has 6 rings (SSSR count). The average Bonchev–Trinajstić information content (AvgIpc) is 3.38. The van der Waals surface area contributed by atoms with Crippen LogP contribution in [0.3, 0.4) is 0 Å². The van der Waals surface area contributed by atoms with E-state index >= 15 is 0 Å². The smallest absolute Gasteiger partial charge is 0.297 e. The lowest BCUT2D eigenvalue weighted by Crippen LogP contribution is -2.38. The second-order valence-electron chi connectivity index (χ2n) is 10.2. The highest BCUT2D eigenvalue weighted by Crippen LogP contribution is 2.33. The first kappa shape index (κ1) is 32.0. The predicted molar refractivity (Wildman–Crippen MR) is 177 cm³/mol. The Morgan fingerprint density at radius 1 is 0.694 bits per heavy atom. The molecule has 0 aliphatic carbocycles. The monoisotopic (exact) mass is 664 g/mol. The van der Waals surface area contributed by atoms with Gasteiger partial charge in [0.2, 0.25) is 17.8 Å².